The Kier molecular flexibility index (Phi) is 11.6. The lowest BCUT2D eigenvalue weighted by Gasteiger charge is -2.46. The van der Waals surface area contributed by atoms with Gasteiger partial charge in [0.1, 0.15) is 0 Å². The molecule has 0 aromatic carbocycles. The van der Waals surface area contributed by atoms with Crippen molar-refractivity contribution in [2.75, 3.05) is 0 Å². The highest BCUT2D eigenvalue weighted by molar-refractivity contribution is 14.1. The molecule has 0 amide bonds. The molecular formula is C35H65I. The molecule has 0 aromatic rings. The van der Waals surface area contributed by atoms with Crippen LogP contribution in [-0.2, 0) is 0 Å². The van der Waals surface area contributed by atoms with E-state index in [4.69, 9.17) is 0 Å². The maximum absolute atomic E-state index is 2.76. The normalized spacial score (nSPS) is 40.2. The Hall–Kier alpha value is 0.730. The smallest absolute Gasteiger partial charge is 0.0138 e. The van der Waals surface area contributed by atoms with Gasteiger partial charge in [-0.05, 0) is 134 Å². The van der Waals surface area contributed by atoms with Crippen molar-refractivity contribution in [2.45, 2.75) is 144 Å². The highest BCUT2D eigenvalue weighted by Crippen LogP contribution is 2.56. The van der Waals surface area contributed by atoms with Crippen LogP contribution in [0.25, 0.3) is 0 Å². The van der Waals surface area contributed by atoms with Crippen molar-refractivity contribution >= 4 is 22.6 Å². The molecule has 0 aromatic heterocycles. The van der Waals surface area contributed by atoms with Crippen LogP contribution in [0.4, 0.5) is 0 Å². The van der Waals surface area contributed by atoms with Gasteiger partial charge in [-0.1, -0.05) is 105 Å². The molecule has 11 unspecified atom stereocenters. The van der Waals surface area contributed by atoms with Crippen LogP contribution < -0.4 is 0 Å². The second-order valence-corrected chi connectivity index (χ2v) is 17.6. The Morgan fingerprint density at radius 2 is 1.50 bits per heavy atom. The zero-order chi connectivity index (χ0) is 26.8. The van der Waals surface area contributed by atoms with E-state index in [1.54, 1.807) is 0 Å². The van der Waals surface area contributed by atoms with Crippen LogP contribution in [0.5, 0.6) is 0 Å². The molecule has 1 heteroatoms. The summed E-state index contributed by atoms with van der Waals surface area (Å²) in [6, 6.07) is 0. The number of hydrogen-bond donors (Lipinski definition) is 0. The molecule has 3 aliphatic carbocycles. The number of halogens is 1. The van der Waals surface area contributed by atoms with Crippen molar-refractivity contribution in [3.8, 4) is 0 Å². The van der Waals surface area contributed by atoms with E-state index in [-0.39, 0.29) is 0 Å². The van der Waals surface area contributed by atoms with Crippen molar-refractivity contribution in [1.29, 1.82) is 0 Å². The molecule has 3 fully saturated rings. The van der Waals surface area contributed by atoms with Gasteiger partial charge in [0.05, 0.1) is 0 Å². The van der Waals surface area contributed by atoms with E-state index in [0.717, 1.165) is 74.9 Å². The summed E-state index contributed by atoms with van der Waals surface area (Å²) in [6.45, 7) is 25.3. The maximum Gasteiger partial charge on any atom is 0.0138 e. The predicted octanol–water partition coefficient (Wildman–Crippen LogP) is 11.7. The summed E-state index contributed by atoms with van der Waals surface area (Å²) in [7, 11) is 0. The van der Waals surface area contributed by atoms with Crippen LogP contribution in [0.3, 0.4) is 0 Å². The zero-order valence-electron chi connectivity index (χ0n) is 26.2. The molecule has 3 aliphatic rings. The molecule has 0 bridgehead atoms. The average molecular weight is 613 g/mol. The predicted molar refractivity (Wildman–Crippen MR) is 170 cm³/mol. The third-order valence-electron chi connectivity index (χ3n) is 12.0. The van der Waals surface area contributed by atoms with Gasteiger partial charge in [0.2, 0.25) is 0 Å². The Balaban J connectivity index is 1.46. The van der Waals surface area contributed by atoms with Crippen molar-refractivity contribution in [2.24, 2.45) is 76.4 Å². The van der Waals surface area contributed by atoms with E-state index in [0.29, 0.717) is 5.41 Å². The van der Waals surface area contributed by atoms with E-state index in [2.05, 4.69) is 91.8 Å². The first-order valence-electron chi connectivity index (χ1n) is 16.5. The third-order valence-corrected chi connectivity index (χ3v) is 13.7. The van der Waals surface area contributed by atoms with E-state index < -0.39 is 0 Å². The van der Waals surface area contributed by atoms with E-state index >= 15 is 0 Å². The second-order valence-electron chi connectivity index (χ2n) is 16.0. The number of alkyl halides is 1. The summed E-state index contributed by atoms with van der Waals surface area (Å²) in [5.41, 5.74) is 0.527. The van der Waals surface area contributed by atoms with E-state index in [9.17, 15) is 0 Å². The Morgan fingerprint density at radius 1 is 0.806 bits per heavy atom. The fourth-order valence-electron chi connectivity index (χ4n) is 9.74. The second kappa shape index (κ2) is 13.4. The SMILES string of the molecule is CCC(C[C@@H](C)C1CC1CC(C)(C)C1CCC(CC2CC(I)C(C)CC2C)CC1C)C(C)CC(C)C. The molecule has 0 nitrogen and oxygen atoms in total. The van der Waals surface area contributed by atoms with Gasteiger partial charge in [0, 0.05) is 3.92 Å². The lowest BCUT2D eigenvalue weighted by Crippen LogP contribution is -2.36. The Labute approximate surface area is 241 Å². The van der Waals surface area contributed by atoms with Gasteiger partial charge < -0.3 is 0 Å². The molecule has 212 valence electrons. The minimum atomic E-state index is 0.527. The Bertz CT molecular complexity index is 651. The fourth-order valence-corrected chi connectivity index (χ4v) is 10.7. The molecule has 0 N–H and O–H groups in total. The van der Waals surface area contributed by atoms with Crippen molar-refractivity contribution in [3.05, 3.63) is 0 Å². The highest BCUT2D eigenvalue weighted by Gasteiger charge is 2.47. The quantitative estimate of drug-likeness (QED) is 0.152. The number of hydrogen-bond acceptors (Lipinski definition) is 0. The Morgan fingerprint density at radius 3 is 2.11 bits per heavy atom. The molecule has 0 heterocycles. The summed E-state index contributed by atoms with van der Waals surface area (Å²) in [5, 5.41) is 0. The molecule has 36 heavy (non-hydrogen) atoms. The molecular weight excluding hydrogens is 547 g/mol. The monoisotopic (exact) mass is 612 g/mol. The molecule has 12 atom stereocenters. The highest BCUT2D eigenvalue weighted by atomic mass is 127. The van der Waals surface area contributed by atoms with Crippen LogP contribution in [0.15, 0.2) is 0 Å². The molecule has 3 saturated carbocycles. The maximum atomic E-state index is 2.76. The molecule has 0 radical (unpaired) electrons. The molecule has 0 aliphatic heterocycles. The summed E-state index contributed by atoms with van der Waals surface area (Å²) in [5.74, 6) is 11.4. The number of rotatable bonds is 12. The lowest BCUT2D eigenvalue weighted by molar-refractivity contribution is 0.0502. The van der Waals surface area contributed by atoms with Gasteiger partial charge in [-0.3, -0.25) is 0 Å². The van der Waals surface area contributed by atoms with Gasteiger partial charge in [-0.15, -0.1) is 0 Å². The van der Waals surface area contributed by atoms with Crippen LogP contribution in [0.2, 0.25) is 0 Å². The van der Waals surface area contributed by atoms with Gasteiger partial charge in [0.25, 0.3) is 0 Å². The summed E-state index contributed by atoms with van der Waals surface area (Å²) < 4.78 is 0.913. The molecule has 0 saturated heterocycles. The van der Waals surface area contributed by atoms with Crippen molar-refractivity contribution in [3.63, 3.8) is 0 Å². The van der Waals surface area contributed by atoms with Crippen LogP contribution in [0.1, 0.15) is 140 Å². The van der Waals surface area contributed by atoms with Crippen LogP contribution in [-0.4, -0.2) is 3.92 Å². The third kappa shape index (κ3) is 8.36. The van der Waals surface area contributed by atoms with Crippen LogP contribution in [0, 0.1) is 76.4 Å². The fraction of sp³-hybridized carbons (Fsp3) is 1.00. The summed E-state index contributed by atoms with van der Waals surface area (Å²) >= 11 is 2.76. The van der Waals surface area contributed by atoms with Gasteiger partial charge >= 0.3 is 0 Å². The first-order chi connectivity index (χ1) is 16.8. The topological polar surface area (TPSA) is 0 Å². The van der Waals surface area contributed by atoms with Crippen molar-refractivity contribution < 1.29 is 0 Å². The average Bonchev–Trinajstić information content (AvgIpc) is 3.53. The van der Waals surface area contributed by atoms with Crippen molar-refractivity contribution in [1.82, 2.24) is 0 Å². The minimum Gasteiger partial charge on any atom is -0.0823 e. The van der Waals surface area contributed by atoms with Crippen LogP contribution >= 0.6 is 22.6 Å². The molecule has 0 spiro atoms. The standard InChI is InChI=1S/C35H65I/c1-11-29(23(4)14-22(2)3)17-25(6)32-19-31(32)21-35(9,10)33-13-12-28(16-26(33)7)18-30-20-34(36)27(8)15-24(30)5/h22-34H,11-21H2,1-10H3/t23?,24?,25-,26?,27?,28?,29?,30?,31?,32?,33?,34?/m1/s1. The summed E-state index contributed by atoms with van der Waals surface area (Å²) in [6.07, 6.45) is 16.3. The summed E-state index contributed by atoms with van der Waals surface area (Å²) in [4.78, 5) is 0. The first-order valence-corrected chi connectivity index (χ1v) is 17.7. The lowest BCUT2D eigenvalue weighted by atomic mass is 9.60. The van der Waals surface area contributed by atoms with Gasteiger partial charge in [0.15, 0.2) is 0 Å². The van der Waals surface area contributed by atoms with Gasteiger partial charge in [-0.25, -0.2) is 0 Å². The minimum absolute atomic E-state index is 0.527. The van der Waals surface area contributed by atoms with E-state index in [1.165, 1.54) is 70.6 Å². The molecule has 3 rings (SSSR count). The first kappa shape index (κ1) is 31.3. The van der Waals surface area contributed by atoms with Gasteiger partial charge in [-0.2, -0.15) is 0 Å². The zero-order valence-corrected chi connectivity index (χ0v) is 28.3. The van der Waals surface area contributed by atoms with E-state index in [1.807, 2.05) is 0 Å². The largest absolute Gasteiger partial charge is 0.0823 e.